The first-order valence-corrected chi connectivity index (χ1v) is 11.7. The molecule has 0 aliphatic heterocycles. The Kier molecular flexibility index (Phi) is 9.27. The molecule has 9 nitrogen and oxygen atoms in total. The van der Waals surface area contributed by atoms with E-state index < -0.39 is 11.8 Å². The molecule has 3 aromatic rings. The van der Waals surface area contributed by atoms with Crippen molar-refractivity contribution in [2.45, 2.75) is 26.7 Å². The molecule has 0 saturated carbocycles. The molecule has 0 unspecified atom stereocenters. The maximum atomic E-state index is 12.5. The van der Waals surface area contributed by atoms with Gasteiger partial charge in [-0.25, -0.2) is 4.98 Å². The first-order chi connectivity index (χ1) is 17.4. The Balaban J connectivity index is 1.51. The number of nitrogens with one attached hydrogen (secondary N) is 4. The zero-order valence-corrected chi connectivity index (χ0v) is 20.3. The summed E-state index contributed by atoms with van der Waals surface area (Å²) in [5.41, 5.74) is 3.31. The Morgan fingerprint density at radius 2 is 1.03 bits per heavy atom. The average Bonchev–Trinajstić information content (AvgIpc) is 2.91. The van der Waals surface area contributed by atoms with Gasteiger partial charge >= 0.3 is 0 Å². The van der Waals surface area contributed by atoms with E-state index in [2.05, 4.69) is 26.3 Å². The van der Waals surface area contributed by atoms with Crippen molar-refractivity contribution in [2.24, 2.45) is 0 Å². The maximum Gasteiger partial charge on any atom is 0.270 e. The minimum Gasteiger partial charge on any atom is -0.342 e. The molecule has 36 heavy (non-hydrogen) atoms. The quantitative estimate of drug-likeness (QED) is 0.349. The lowest BCUT2D eigenvalue weighted by Gasteiger charge is -2.11. The van der Waals surface area contributed by atoms with Crippen LogP contribution in [0.15, 0.2) is 66.7 Å². The summed E-state index contributed by atoms with van der Waals surface area (Å²) in [5, 5.41) is 10.6. The number of para-hydroxylation sites is 2. The first-order valence-electron chi connectivity index (χ1n) is 11.7. The standard InChI is InChI=1S/C27H29N5O4/c1-3-18-10-5-7-12-20(18)31-24(33)16-28-26(35)22-14-9-15-23(30-22)27(36)29-17-25(34)32-21-13-8-6-11-19(21)4-2/h5-15H,3-4,16-17H2,1-2H3,(H,28,35)(H,29,36)(H,31,33)(H,32,34). The second kappa shape index (κ2) is 12.8. The third-order valence-corrected chi connectivity index (χ3v) is 5.38. The van der Waals surface area contributed by atoms with Gasteiger partial charge in [-0.15, -0.1) is 0 Å². The second-order valence-electron chi connectivity index (χ2n) is 7.89. The van der Waals surface area contributed by atoms with Gasteiger partial charge in [0.2, 0.25) is 11.8 Å². The predicted molar refractivity (Wildman–Crippen MR) is 138 cm³/mol. The van der Waals surface area contributed by atoms with Crippen LogP contribution in [0.5, 0.6) is 0 Å². The zero-order valence-electron chi connectivity index (χ0n) is 20.3. The molecule has 0 aliphatic carbocycles. The van der Waals surface area contributed by atoms with Gasteiger partial charge in [0.05, 0.1) is 13.1 Å². The molecule has 4 amide bonds. The minimum absolute atomic E-state index is 0.0225. The molecule has 0 spiro atoms. The number of carbonyl (C=O) groups excluding carboxylic acids is 4. The molecule has 0 fully saturated rings. The Labute approximate surface area is 209 Å². The van der Waals surface area contributed by atoms with E-state index in [0.29, 0.717) is 11.4 Å². The number of hydrogen-bond acceptors (Lipinski definition) is 5. The van der Waals surface area contributed by atoms with Crippen molar-refractivity contribution < 1.29 is 19.2 Å². The fraction of sp³-hybridized carbons (Fsp3) is 0.222. The molecule has 1 aromatic heterocycles. The molecule has 0 atom stereocenters. The summed E-state index contributed by atoms with van der Waals surface area (Å²) >= 11 is 0. The van der Waals surface area contributed by atoms with E-state index in [0.717, 1.165) is 24.0 Å². The molecule has 0 aliphatic rings. The van der Waals surface area contributed by atoms with Gasteiger partial charge < -0.3 is 21.3 Å². The van der Waals surface area contributed by atoms with Crippen LogP contribution in [-0.2, 0) is 22.4 Å². The molecule has 186 valence electrons. The zero-order chi connectivity index (χ0) is 25.9. The van der Waals surface area contributed by atoms with Crippen molar-refractivity contribution in [1.82, 2.24) is 15.6 Å². The normalized spacial score (nSPS) is 10.3. The smallest absolute Gasteiger partial charge is 0.270 e. The summed E-state index contributed by atoms with van der Waals surface area (Å²) in [4.78, 5) is 53.6. The van der Waals surface area contributed by atoms with Gasteiger partial charge in [-0.1, -0.05) is 56.3 Å². The van der Waals surface area contributed by atoms with Crippen LogP contribution in [0.25, 0.3) is 0 Å². The minimum atomic E-state index is -0.600. The van der Waals surface area contributed by atoms with Crippen molar-refractivity contribution >= 4 is 35.0 Å². The summed E-state index contributed by atoms with van der Waals surface area (Å²) < 4.78 is 0. The molecule has 9 heteroatoms. The molecule has 0 saturated heterocycles. The number of anilines is 2. The van der Waals surface area contributed by atoms with Crippen LogP contribution in [0.4, 0.5) is 11.4 Å². The van der Waals surface area contributed by atoms with E-state index in [1.807, 2.05) is 50.2 Å². The molecule has 2 aromatic carbocycles. The van der Waals surface area contributed by atoms with E-state index in [-0.39, 0.29) is 36.3 Å². The van der Waals surface area contributed by atoms with Gasteiger partial charge in [-0.2, -0.15) is 0 Å². The van der Waals surface area contributed by atoms with Gasteiger partial charge in [0.25, 0.3) is 11.8 Å². The van der Waals surface area contributed by atoms with E-state index in [9.17, 15) is 19.2 Å². The number of hydrogen-bond donors (Lipinski definition) is 4. The highest BCUT2D eigenvalue weighted by atomic mass is 16.2. The summed E-state index contributed by atoms with van der Waals surface area (Å²) in [6.07, 6.45) is 1.52. The van der Waals surface area contributed by atoms with Crippen LogP contribution in [0.1, 0.15) is 46.0 Å². The third-order valence-electron chi connectivity index (χ3n) is 5.38. The van der Waals surface area contributed by atoms with Gasteiger partial charge in [-0.3, -0.25) is 19.2 Å². The van der Waals surface area contributed by atoms with Gasteiger partial charge in [-0.05, 0) is 48.2 Å². The van der Waals surface area contributed by atoms with E-state index in [4.69, 9.17) is 0 Å². The lowest BCUT2D eigenvalue weighted by Crippen LogP contribution is -2.35. The van der Waals surface area contributed by atoms with Crippen molar-refractivity contribution in [3.8, 4) is 0 Å². The number of carbonyl (C=O) groups is 4. The molecule has 3 rings (SSSR count). The van der Waals surface area contributed by atoms with Crippen LogP contribution in [0.3, 0.4) is 0 Å². The van der Waals surface area contributed by atoms with Crippen LogP contribution in [0.2, 0.25) is 0 Å². The monoisotopic (exact) mass is 487 g/mol. The summed E-state index contributed by atoms with van der Waals surface area (Å²) in [6, 6.07) is 19.2. The van der Waals surface area contributed by atoms with Crippen LogP contribution >= 0.6 is 0 Å². The number of aryl methyl sites for hydroxylation is 2. The molecule has 0 bridgehead atoms. The number of rotatable bonds is 10. The van der Waals surface area contributed by atoms with Crippen molar-refractivity contribution in [2.75, 3.05) is 23.7 Å². The number of pyridine rings is 1. The summed E-state index contributed by atoms with van der Waals surface area (Å²) in [5.74, 6) is -1.96. The topological polar surface area (TPSA) is 129 Å². The molecule has 1 heterocycles. The number of benzene rings is 2. The maximum absolute atomic E-state index is 12.5. The van der Waals surface area contributed by atoms with Crippen LogP contribution in [0, 0.1) is 0 Å². The summed E-state index contributed by atoms with van der Waals surface area (Å²) in [7, 11) is 0. The van der Waals surface area contributed by atoms with Crippen LogP contribution < -0.4 is 21.3 Å². The molecule has 0 radical (unpaired) electrons. The Hall–Kier alpha value is -4.53. The van der Waals surface area contributed by atoms with Gasteiger partial charge in [0.1, 0.15) is 11.4 Å². The van der Waals surface area contributed by atoms with Gasteiger partial charge in [0, 0.05) is 11.4 Å². The Bertz CT molecular complexity index is 1170. The van der Waals surface area contributed by atoms with E-state index in [1.165, 1.54) is 18.2 Å². The second-order valence-corrected chi connectivity index (χ2v) is 7.89. The SMILES string of the molecule is CCc1ccccc1NC(=O)CNC(=O)c1cccc(C(=O)NCC(=O)Nc2ccccc2CC)n1. The average molecular weight is 488 g/mol. The fourth-order valence-corrected chi connectivity index (χ4v) is 3.48. The number of nitrogens with zero attached hydrogens (tertiary/aromatic N) is 1. The first kappa shape index (κ1) is 26.1. The van der Waals surface area contributed by atoms with Crippen molar-refractivity contribution in [1.29, 1.82) is 0 Å². The highest BCUT2D eigenvalue weighted by Crippen LogP contribution is 2.16. The third kappa shape index (κ3) is 7.23. The Morgan fingerprint density at radius 3 is 1.44 bits per heavy atom. The molecule has 4 N–H and O–H groups in total. The predicted octanol–water partition coefficient (Wildman–Crippen LogP) is 2.94. The van der Waals surface area contributed by atoms with E-state index >= 15 is 0 Å². The Morgan fingerprint density at radius 1 is 0.611 bits per heavy atom. The highest BCUT2D eigenvalue weighted by molar-refractivity contribution is 6.01. The van der Waals surface area contributed by atoms with Gasteiger partial charge in [0.15, 0.2) is 0 Å². The lowest BCUT2D eigenvalue weighted by atomic mass is 10.1. The molecular formula is C27H29N5O4. The molecular weight excluding hydrogens is 458 g/mol. The largest absolute Gasteiger partial charge is 0.342 e. The fourth-order valence-electron chi connectivity index (χ4n) is 3.48. The van der Waals surface area contributed by atoms with Crippen molar-refractivity contribution in [3.05, 3.63) is 89.2 Å². The van der Waals surface area contributed by atoms with Crippen LogP contribution in [-0.4, -0.2) is 41.7 Å². The lowest BCUT2D eigenvalue weighted by molar-refractivity contribution is -0.116. The number of aromatic nitrogens is 1. The number of amides is 4. The summed E-state index contributed by atoms with van der Waals surface area (Å²) in [6.45, 7) is 3.46. The van der Waals surface area contributed by atoms with E-state index in [1.54, 1.807) is 12.1 Å². The highest BCUT2D eigenvalue weighted by Gasteiger charge is 2.15. The van der Waals surface area contributed by atoms with Crippen molar-refractivity contribution in [3.63, 3.8) is 0 Å².